The molecule has 0 saturated carbocycles. The zero-order valence-electron chi connectivity index (χ0n) is 9.51. The Labute approximate surface area is 95.4 Å². The summed E-state index contributed by atoms with van der Waals surface area (Å²) in [5, 5.41) is 0. The molecule has 2 aromatic rings. The minimum absolute atomic E-state index is 0.493. The van der Waals surface area contributed by atoms with Crippen LogP contribution >= 0.6 is 0 Å². The van der Waals surface area contributed by atoms with Crippen LogP contribution in [0.3, 0.4) is 0 Å². The molecule has 0 bridgehead atoms. The number of nitrogens with two attached hydrogens (primary N) is 1. The van der Waals surface area contributed by atoms with Crippen LogP contribution in [-0.4, -0.2) is 9.97 Å². The molecule has 82 valence electrons. The normalized spacial score (nSPS) is 10.7. The van der Waals surface area contributed by atoms with E-state index in [0.717, 1.165) is 11.3 Å². The quantitative estimate of drug-likeness (QED) is 0.834. The molecular formula is C13H15N3. The molecule has 0 atom stereocenters. The molecule has 0 aliphatic rings. The Morgan fingerprint density at radius 3 is 2.50 bits per heavy atom. The molecule has 0 spiro atoms. The van der Waals surface area contributed by atoms with E-state index in [-0.39, 0.29) is 0 Å². The molecule has 2 aromatic heterocycles. The number of hydrogen-bond donors (Lipinski definition) is 1. The first-order valence-corrected chi connectivity index (χ1v) is 5.35. The molecule has 2 heterocycles. The number of anilines is 1. The lowest BCUT2D eigenvalue weighted by molar-refractivity contribution is 0.859. The summed E-state index contributed by atoms with van der Waals surface area (Å²) in [6.45, 7) is 4.30. The van der Waals surface area contributed by atoms with E-state index in [9.17, 15) is 0 Å². The standard InChI is InChI=1S/C13H15N3/c1-9(2)10-5-6-12(16-8-10)11-4-3-7-15-13(11)14/h3-9H,1-2H3,(H2,14,15). The maximum absolute atomic E-state index is 5.80. The van der Waals surface area contributed by atoms with Crippen LogP contribution in [0.5, 0.6) is 0 Å². The molecule has 0 aliphatic heterocycles. The Hall–Kier alpha value is -1.90. The van der Waals surface area contributed by atoms with Crippen molar-refractivity contribution in [1.29, 1.82) is 0 Å². The fourth-order valence-corrected chi connectivity index (χ4v) is 1.54. The highest BCUT2D eigenvalue weighted by atomic mass is 14.8. The minimum Gasteiger partial charge on any atom is -0.383 e. The topological polar surface area (TPSA) is 51.8 Å². The first-order chi connectivity index (χ1) is 7.68. The maximum atomic E-state index is 5.80. The van der Waals surface area contributed by atoms with Gasteiger partial charge in [0.25, 0.3) is 0 Å². The lowest BCUT2D eigenvalue weighted by atomic mass is 10.0. The summed E-state index contributed by atoms with van der Waals surface area (Å²) in [5.74, 6) is 1.01. The number of hydrogen-bond acceptors (Lipinski definition) is 3. The van der Waals surface area contributed by atoms with Crippen LogP contribution in [0.1, 0.15) is 25.3 Å². The van der Waals surface area contributed by atoms with E-state index in [1.807, 2.05) is 24.4 Å². The number of nitrogens with zero attached hydrogens (tertiary/aromatic N) is 2. The molecule has 2 rings (SSSR count). The van der Waals surface area contributed by atoms with Crippen LogP contribution < -0.4 is 5.73 Å². The summed E-state index contributed by atoms with van der Waals surface area (Å²) >= 11 is 0. The van der Waals surface area contributed by atoms with Gasteiger partial charge in [0.1, 0.15) is 5.82 Å². The van der Waals surface area contributed by atoms with Gasteiger partial charge in [0.15, 0.2) is 0 Å². The van der Waals surface area contributed by atoms with Gasteiger partial charge in [-0.3, -0.25) is 4.98 Å². The average Bonchev–Trinajstić information content (AvgIpc) is 2.30. The van der Waals surface area contributed by atoms with E-state index in [2.05, 4.69) is 29.9 Å². The Morgan fingerprint density at radius 2 is 1.94 bits per heavy atom. The third-order valence-corrected chi connectivity index (χ3v) is 2.57. The second-order valence-electron chi connectivity index (χ2n) is 4.07. The summed E-state index contributed by atoms with van der Waals surface area (Å²) in [7, 11) is 0. The molecular weight excluding hydrogens is 198 g/mol. The van der Waals surface area contributed by atoms with Crippen molar-refractivity contribution >= 4 is 5.82 Å². The highest BCUT2D eigenvalue weighted by Crippen LogP contribution is 2.23. The van der Waals surface area contributed by atoms with Gasteiger partial charge in [-0.15, -0.1) is 0 Å². The molecule has 0 unspecified atom stereocenters. The number of pyridine rings is 2. The van der Waals surface area contributed by atoms with E-state index in [1.54, 1.807) is 6.20 Å². The molecule has 3 heteroatoms. The van der Waals surface area contributed by atoms with E-state index in [1.165, 1.54) is 5.56 Å². The third-order valence-electron chi connectivity index (χ3n) is 2.57. The summed E-state index contributed by atoms with van der Waals surface area (Å²) in [5.41, 5.74) is 8.78. The minimum atomic E-state index is 0.493. The lowest BCUT2D eigenvalue weighted by Crippen LogP contribution is -1.95. The summed E-state index contributed by atoms with van der Waals surface area (Å²) in [6, 6.07) is 7.87. The van der Waals surface area contributed by atoms with Gasteiger partial charge in [0.05, 0.1) is 5.69 Å². The van der Waals surface area contributed by atoms with Crippen molar-refractivity contribution in [2.24, 2.45) is 0 Å². The van der Waals surface area contributed by atoms with Crippen molar-refractivity contribution in [1.82, 2.24) is 9.97 Å². The van der Waals surface area contributed by atoms with Crippen molar-refractivity contribution in [3.8, 4) is 11.3 Å². The lowest BCUT2D eigenvalue weighted by Gasteiger charge is -2.07. The third kappa shape index (κ3) is 2.03. The molecule has 0 aromatic carbocycles. The van der Waals surface area contributed by atoms with Crippen LogP contribution in [0.15, 0.2) is 36.7 Å². The van der Waals surface area contributed by atoms with Crippen LogP contribution in [0.2, 0.25) is 0 Å². The van der Waals surface area contributed by atoms with Gasteiger partial charge in [0.2, 0.25) is 0 Å². The van der Waals surface area contributed by atoms with Crippen LogP contribution in [0, 0.1) is 0 Å². The number of aromatic nitrogens is 2. The van der Waals surface area contributed by atoms with Gasteiger partial charge in [0, 0.05) is 18.0 Å². The SMILES string of the molecule is CC(C)c1ccc(-c2cccnc2N)nc1. The first kappa shape index (κ1) is 10.6. The molecule has 2 N–H and O–H groups in total. The molecule has 3 nitrogen and oxygen atoms in total. The van der Waals surface area contributed by atoms with E-state index in [4.69, 9.17) is 5.73 Å². The van der Waals surface area contributed by atoms with Crippen LogP contribution in [-0.2, 0) is 0 Å². The maximum Gasteiger partial charge on any atom is 0.132 e. The summed E-state index contributed by atoms with van der Waals surface area (Å²) in [6.07, 6.45) is 3.58. The van der Waals surface area contributed by atoms with Gasteiger partial charge >= 0.3 is 0 Å². The summed E-state index contributed by atoms with van der Waals surface area (Å²) in [4.78, 5) is 8.46. The zero-order valence-corrected chi connectivity index (χ0v) is 9.51. The van der Waals surface area contributed by atoms with Gasteiger partial charge < -0.3 is 5.73 Å². The Bertz CT molecular complexity index is 475. The smallest absolute Gasteiger partial charge is 0.132 e. The molecule has 0 fully saturated rings. The van der Waals surface area contributed by atoms with Crippen LogP contribution in [0.4, 0.5) is 5.82 Å². The van der Waals surface area contributed by atoms with Gasteiger partial charge in [-0.1, -0.05) is 19.9 Å². The highest BCUT2D eigenvalue weighted by Gasteiger charge is 2.05. The fraction of sp³-hybridized carbons (Fsp3) is 0.231. The van der Waals surface area contributed by atoms with Crippen molar-refractivity contribution in [3.05, 3.63) is 42.2 Å². The number of nitrogen functional groups attached to an aromatic ring is 1. The second-order valence-corrected chi connectivity index (χ2v) is 4.07. The fourth-order valence-electron chi connectivity index (χ4n) is 1.54. The Balaban J connectivity index is 2.39. The van der Waals surface area contributed by atoms with Crippen LogP contribution in [0.25, 0.3) is 11.3 Å². The number of rotatable bonds is 2. The second kappa shape index (κ2) is 4.31. The Morgan fingerprint density at radius 1 is 1.12 bits per heavy atom. The largest absolute Gasteiger partial charge is 0.383 e. The Kier molecular flexibility index (Phi) is 2.86. The van der Waals surface area contributed by atoms with Crippen molar-refractivity contribution in [3.63, 3.8) is 0 Å². The monoisotopic (exact) mass is 213 g/mol. The zero-order chi connectivity index (χ0) is 11.5. The predicted molar refractivity (Wildman–Crippen MR) is 66.0 cm³/mol. The first-order valence-electron chi connectivity index (χ1n) is 5.35. The van der Waals surface area contributed by atoms with E-state index in [0.29, 0.717) is 11.7 Å². The molecule has 16 heavy (non-hydrogen) atoms. The molecule has 0 aliphatic carbocycles. The highest BCUT2D eigenvalue weighted by molar-refractivity contribution is 5.70. The van der Waals surface area contributed by atoms with Crippen molar-refractivity contribution < 1.29 is 0 Å². The molecule has 0 radical (unpaired) electrons. The molecule has 0 amide bonds. The predicted octanol–water partition coefficient (Wildman–Crippen LogP) is 2.85. The average molecular weight is 213 g/mol. The van der Waals surface area contributed by atoms with Gasteiger partial charge in [-0.05, 0) is 29.7 Å². The van der Waals surface area contributed by atoms with E-state index >= 15 is 0 Å². The van der Waals surface area contributed by atoms with Gasteiger partial charge in [-0.2, -0.15) is 0 Å². The summed E-state index contributed by atoms with van der Waals surface area (Å²) < 4.78 is 0. The van der Waals surface area contributed by atoms with Crippen molar-refractivity contribution in [2.75, 3.05) is 5.73 Å². The van der Waals surface area contributed by atoms with Crippen molar-refractivity contribution in [2.45, 2.75) is 19.8 Å². The molecule has 0 saturated heterocycles. The van der Waals surface area contributed by atoms with Gasteiger partial charge in [-0.25, -0.2) is 4.98 Å². The van der Waals surface area contributed by atoms with E-state index < -0.39 is 0 Å².